The van der Waals surface area contributed by atoms with Gasteiger partial charge >= 0.3 is 12.0 Å². The van der Waals surface area contributed by atoms with E-state index in [1.165, 1.54) is 33.1 Å². The van der Waals surface area contributed by atoms with Crippen molar-refractivity contribution in [3.63, 3.8) is 0 Å². The van der Waals surface area contributed by atoms with Crippen LogP contribution in [0.2, 0.25) is 0 Å². The number of aliphatic carboxylic acids is 1. The van der Waals surface area contributed by atoms with Crippen molar-refractivity contribution >= 4 is 47.4 Å². The number of anilines is 1. The van der Waals surface area contributed by atoms with E-state index in [9.17, 15) is 19.5 Å². The van der Waals surface area contributed by atoms with Gasteiger partial charge in [-0.2, -0.15) is 0 Å². The average molecular weight is 495 g/mol. The maximum Gasteiger partial charge on any atom is 0.352 e. The molecular formula is C17H22N10O4S2. The monoisotopic (exact) mass is 494 g/mol. The summed E-state index contributed by atoms with van der Waals surface area (Å²) in [5.74, 6) is -0.185. The van der Waals surface area contributed by atoms with E-state index >= 15 is 0 Å². The molecule has 2 aliphatic rings. The predicted octanol–water partition coefficient (Wildman–Crippen LogP) is -0.639. The number of aromatic nitrogens is 6. The Kier molecular flexibility index (Phi) is 6.73. The van der Waals surface area contributed by atoms with Gasteiger partial charge in [-0.15, -0.1) is 16.9 Å². The molecule has 4 heterocycles. The lowest BCUT2D eigenvalue weighted by Gasteiger charge is -2.49. The van der Waals surface area contributed by atoms with Crippen LogP contribution < -0.4 is 16.4 Å². The van der Waals surface area contributed by atoms with E-state index in [4.69, 9.17) is 5.73 Å². The van der Waals surface area contributed by atoms with Gasteiger partial charge in [0.05, 0.1) is 6.20 Å². The van der Waals surface area contributed by atoms with E-state index in [0.717, 1.165) is 5.69 Å². The molecule has 0 radical (unpaired) electrons. The first-order chi connectivity index (χ1) is 15.8. The van der Waals surface area contributed by atoms with Crippen LogP contribution in [0, 0.1) is 0 Å². The molecule has 16 heteroatoms. The summed E-state index contributed by atoms with van der Waals surface area (Å²) in [4.78, 5) is 44.2. The van der Waals surface area contributed by atoms with Crippen LogP contribution in [0.4, 0.5) is 10.7 Å². The molecule has 0 aliphatic carbocycles. The average Bonchev–Trinajstić information content (AvgIpc) is 3.41. The lowest BCUT2D eigenvalue weighted by Crippen LogP contribution is -2.67. The molecular weight excluding hydrogens is 472 g/mol. The summed E-state index contributed by atoms with van der Waals surface area (Å²) in [6.45, 7) is 0.448. The molecule has 1 unspecified atom stereocenters. The van der Waals surface area contributed by atoms with Crippen molar-refractivity contribution < 1.29 is 19.5 Å². The number of hydrogen-bond acceptors (Lipinski definition) is 10. The number of carbonyl (C=O) groups is 3. The summed E-state index contributed by atoms with van der Waals surface area (Å²) in [5.41, 5.74) is 6.54. The van der Waals surface area contributed by atoms with Crippen molar-refractivity contribution in [2.45, 2.75) is 29.4 Å². The molecule has 1 fully saturated rings. The zero-order valence-electron chi connectivity index (χ0n) is 17.5. The highest BCUT2D eigenvalue weighted by Gasteiger charge is 2.53. The van der Waals surface area contributed by atoms with Crippen LogP contribution in [0.3, 0.4) is 0 Å². The minimum atomic E-state index is -1.14. The number of rotatable bonds is 10. The van der Waals surface area contributed by atoms with E-state index in [1.54, 1.807) is 13.2 Å². The normalized spacial score (nSPS) is 19.8. The standard InChI is InChI=1S/C17H22N10O4S2/c1-26-17(23-24-25-26)33-7-8-6-32-13-10(12(28)27(13)11(8)14(29)30)22-16-20-5-9(21-16)3-2-4-19-15(18)31/h5,10,13H,2-4,6-7H2,1H3,(H,29,30)(H3,18,19,31)(H2,20,21,22)/t10?,13-/m1/s1. The molecule has 0 bridgehead atoms. The lowest BCUT2D eigenvalue weighted by molar-refractivity contribution is -0.147. The number of aromatic amines is 1. The minimum Gasteiger partial charge on any atom is -0.477 e. The van der Waals surface area contributed by atoms with Gasteiger partial charge in [-0.25, -0.2) is 19.3 Å². The molecule has 33 heavy (non-hydrogen) atoms. The first-order valence-corrected chi connectivity index (χ1v) is 12.0. The molecule has 0 aromatic carbocycles. The number of nitrogens with two attached hydrogens (primary N) is 1. The number of fused-ring (bicyclic) bond motifs is 1. The molecule has 3 amide bonds. The summed E-state index contributed by atoms with van der Waals surface area (Å²) >= 11 is 2.82. The number of nitrogens with one attached hydrogen (secondary N) is 3. The van der Waals surface area contributed by atoms with E-state index < -0.39 is 18.0 Å². The van der Waals surface area contributed by atoms with E-state index in [1.807, 2.05) is 0 Å². The van der Waals surface area contributed by atoms with Crippen molar-refractivity contribution in [3.05, 3.63) is 23.2 Å². The number of urea groups is 1. The molecule has 6 N–H and O–H groups in total. The third-order valence-electron chi connectivity index (χ3n) is 5.05. The molecule has 2 aromatic rings. The number of carboxylic acids is 1. The maximum atomic E-state index is 12.8. The number of aryl methyl sites for hydroxylation is 2. The SMILES string of the molecule is Cn1nnnc1SCC1=C(C(=O)O)N2C(=O)C(Nc3ncc(CCCNC(N)=O)[nH]3)[C@H]2SC1. The van der Waals surface area contributed by atoms with Gasteiger partial charge in [0.2, 0.25) is 11.1 Å². The number of nitrogens with zero attached hydrogens (tertiary/aromatic N) is 6. The molecule has 1 saturated heterocycles. The van der Waals surface area contributed by atoms with E-state index in [0.29, 0.717) is 47.6 Å². The van der Waals surface area contributed by atoms with Gasteiger partial charge in [0.1, 0.15) is 17.1 Å². The van der Waals surface area contributed by atoms with Crippen LogP contribution in [0.1, 0.15) is 12.1 Å². The third kappa shape index (κ3) is 4.90. The summed E-state index contributed by atoms with van der Waals surface area (Å²) in [6, 6.07) is -1.15. The Bertz CT molecular complexity index is 1100. The highest BCUT2D eigenvalue weighted by Crippen LogP contribution is 2.42. The second kappa shape index (κ2) is 9.70. The minimum absolute atomic E-state index is 0.0199. The van der Waals surface area contributed by atoms with Gasteiger partial charge in [0, 0.05) is 30.8 Å². The fourth-order valence-electron chi connectivity index (χ4n) is 3.49. The smallest absolute Gasteiger partial charge is 0.352 e. The predicted molar refractivity (Wildman–Crippen MR) is 119 cm³/mol. The van der Waals surface area contributed by atoms with Gasteiger partial charge in [-0.3, -0.25) is 9.69 Å². The van der Waals surface area contributed by atoms with Crippen molar-refractivity contribution in [1.82, 2.24) is 40.4 Å². The molecule has 4 rings (SSSR count). The fraction of sp³-hybridized carbons (Fsp3) is 0.471. The first kappa shape index (κ1) is 22.9. The van der Waals surface area contributed by atoms with Gasteiger partial charge in [-0.05, 0) is 28.8 Å². The molecule has 2 aliphatic heterocycles. The Morgan fingerprint density at radius 1 is 1.45 bits per heavy atom. The van der Waals surface area contributed by atoms with Crippen LogP contribution in [0.25, 0.3) is 0 Å². The number of tetrazole rings is 1. The summed E-state index contributed by atoms with van der Waals surface area (Å²) in [6.07, 6.45) is 2.98. The van der Waals surface area contributed by atoms with Gasteiger partial charge in [-0.1, -0.05) is 11.8 Å². The Hall–Kier alpha value is -3.27. The van der Waals surface area contributed by atoms with Crippen molar-refractivity contribution in [2.75, 3.05) is 23.4 Å². The van der Waals surface area contributed by atoms with Crippen LogP contribution >= 0.6 is 23.5 Å². The van der Waals surface area contributed by atoms with E-state index in [-0.39, 0.29) is 17.0 Å². The highest BCUT2D eigenvalue weighted by atomic mass is 32.2. The first-order valence-electron chi connectivity index (χ1n) is 9.94. The number of thioether (sulfide) groups is 2. The Morgan fingerprint density at radius 3 is 2.97 bits per heavy atom. The second-order valence-corrected chi connectivity index (χ2v) is 9.36. The Balaban J connectivity index is 1.37. The van der Waals surface area contributed by atoms with Gasteiger partial charge in [0.25, 0.3) is 5.91 Å². The molecule has 2 atom stereocenters. The van der Waals surface area contributed by atoms with Crippen LogP contribution in [0.15, 0.2) is 22.6 Å². The number of imidazole rings is 1. The third-order valence-corrected chi connectivity index (χ3v) is 7.49. The van der Waals surface area contributed by atoms with Crippen molar-refractivity contribution in [1.29, 1.82) is 0 Å². The van der Waals surface area contributed by atoms with Crippen LogP contribution in [-0.4, -0.2) is 87.6 Å². The molecule has 176 valence electrons. The maximum absolute atomic E-state index is 12.8. The van der Waals surface area contributed by atoms with Gasteiger partial charge < -0.3 is 26.5 Å². The zero-order valence-corrected chi connectivity index (χ0v) is 19.1. The topological polar surface area (TPSA) is 197 Å². The number of hydrogen-bond donors (Lipinski definition) is 5. The number of amides is 3. The quantitative estimate of drug-likeness (QED) is 0.160. The second-order valence-electron chi connectivity index (χ2n) is 7.31. The summed E-state index contributed by atoms with van der Waals surface area (Å²) in [7, 11) is 1.70. The lowest BCUT2D eigenvalue weighted by atomic mass is 10.0. The summed E-state index contributed by atoms with van der Waals surface area (Å²) < 4.78 is 1.51. The Labute approximate surface area is 196 Å². The van der Waals surface area contributed by atoms with E-state index in [2.05, 4.69) is 36.1 Å². The van der Waals surface area contributed by atoms with Crippen LogP contribution in [-0.2, 0) is 23.1 Å². The Morgan fingerprint density at radius 2 is 2.27 bits per heavy atom. The van der Waals surface area contributed by atoms with Crippen LogP contribution in [0.5, 0.6) is 0 Å². The number of H-pyrrole nitrogens is 1. The molecule has 0 spiro atoms. The number of primary amides is 1. The molecule has 14 nitrogen and oxygen atoms in total. The number of β-lactam (4-membered cyclic amide) rings is 1. The molecule has 0 saturated carbocycles. The fourth-order valence-corrected chi connectivity index (χ4v) is 5.82. The highest BCUT2D eigenvalue weighted by molar-refractivity contribution is 8.01. The van der Waals surface area contributed by atoms with Gasteiger partial charge in [0.15, 0.2) is 0 Å². The number of carboxylic acid groups (broad SMARTS) is 1. The summed E-state index contributed by atoms with van der Waals surface area (Å²) in [5, 5.41) is 26.8. The van der Waals surface area contributed by atoms with Crippen molar-refractivity contribution in [3.8, 4) is 0 Å². The molecule has 2 aromatic heterocycles. The zero-order chi connectivity index (χ0) is 23.5. The van der Waals surface area contributed by atoms with Crippen molar-refractivity contribution in [2.24, 2.45) is 12.8 Å². The largest absolute Gasteiger partial charge is 0.477 e. The number of carbonyl (C=O) groups excluding carboxylic acids is 2.